The summed E-state index contributed by atoms with van der Waals surface area (Å²) in [6.07, 6.45) is 1.82. The van der Waals surface area contributed by atoms with Crippen LogP contribution in [0.2, 0.25) is 0 Å². The van der Waals surface area contributed by atoms with Gasteiger partial charge >= 0.3 is 0 Å². The topological polar surface area (TPSA) is 114 Å². The first-order valence-corrected chi connectivity index (χ1v) is 9.22. The van der Waals surface area contributed by atoms with Gasteiger partial charge in [0.05, 0.1) is 16.1 Å². The van der Waals surface area contributed by atoms with Gasteiger partial charge in [0.25, 0.3) is 5.91 Å². The summed E-state index contributed by atoms with van der Waals surface area (Å²) in [7, 11) is 0. The molecular formula is C17H23N5O2S. The third kappa shape index (κ3) is 4.08. The van der Waals surface area contributed by atoms with Crippen molar-refractivity contribution < 1.29 is 9.59 Å². The molecule has 1 aromatic heterocycles. The maximum atomic E-state index is 12.4. The summed E-state index contributed by atoms with van der Waals surface area (Å²) in [6, 6.07) is 3.66. The van der Waals surface area contributed by atoms with Gasteiger partial charge in [0.2, 0.25) is 5.91 Å². The molecule has 8 heteroatoms. The number of nitrogens with one attached hydrogen (secondary N) is 1. The van der Waals surface area contributed by atoms with E-state index in [0.29, 0.717) is 30.3 Å². The van der Waals surface area contributed by atoms with Crippen molar-refractivity contribution >= 4 is 38.5 Å². The number of carbonyl (C=O) groups excluding carboxylic acids is 2. The molecule has 1 atom stereocenters. The molecule has 2 amide bonds. The molecule has 1 aliphatic rings. The zero-order valence-electron chi connectivity index (χ0n) is 14.2. The number of fused-ring (bicyclic) bond motifs is 1. The lowest BCUT2D eigenvalue weighted by Crippen LogP contribution is -2.44. The van der Waals surface area contributed by atoms with Crippen LogP contribution < -0.4 is 16.8 Å². The second-order valence-electron chi connectivity index (χ2n) is 6.49. The fourth-order valence-electron chi connectivity index (χ4n) is 3.27. The number of likely N-dealkylation sites (tertiary alicyclic amines) is 1. The fourth-order valence-corrected chi connectivity index (χ4v) is 4.12. The molecule has 0 aliphatic carbocycles. The number of primary amides is 1. The van der Waals surface area contributed by atoms with Crippen LogP contribution in [0, 0.1) is 12.8 Å². The molecule has 5 N–H and O–H groups in total. The van der Waals surface area contributed by atoms with Crippen molar-refractivity contribution in [1.29, 1.82) is 0 Å². The van der Waals surface area contributed by atoms with Crippen LogP contribution in [0.25, 0.3) is 10.2 Å². The summed E-state index contributed by atoms with van der Waals surface area (Å²) in [5, 5.41) is 3.45. The van der Waals surface area contributed by atoms with Crippen molar-refractivity contribution in [2.24, 2.45) is 11.7 Å². The zero-order chi connectivity index (χ0) is 18.0. The van der Waals surface area contributed by atoms with Crippen LogP contribution in [-0.2, 0) is 4.79 Å². The van der Waals surface area contributed by atoms with Crippen LogP contribution in [0.15, 0.2) is 12.1 Å². The molecule has 1 aromatic carbocycles. The van der Waals surface area contributed by atoms with E-state index >= 15 is 0 Å². The maximum Gasteiger partial charge on any atom is 0.251 e. The molecule has 25 heavy (non-hydrogen) atoms. The Hall–Kier alpha value is -2.19. The minimum Gasteiger partial charge on any atom is -0.375 e. The van der Waals surface area contributed by atoms with E-state index in [1.54, 1.807) is 0 Å². The average Bonchev–Trinajstić information content (AvgIpc) is 2.96. The molecule has 2 aromatic rings. The molecule has 0 unspecified atom stereocenters. The number of aryl methyl sites for hydroxylation is 1. The minimum atomic E-state index is -0.235. The Bertz CT molecular complexity index is 804. The normalized spacial score (nSPS) is 18.4. The van der Waals surface area contributed by atoms with Crippen molar-refractivity contribution in [3.8, 4) is 0 Å². The fraction of sp³-hybridized carbons (Fsp3) is 0.471. The van der Waals surface area contributed by atoms with Crippen LogP contribution >= 0.6 is 11.3 Å². The van der Waals surface area contributed by atoms with Crippen LogP contribution in [0.4, 0.5) is 5.13 Å². The van der Waals surface area contributed by atoms with Crippen molar-refractivity contribution in [3.05, 3.63) is 23.3 Å². The number of piperidine rings is 1. The molecule has 0 spiro atoms. The average molecular weight is 361 g/mol. The minimum absolute atomic E-state index is 0.0775. The summed E-state index contributed by atoms with van der Waals surface area (Å²) in [5.41, 5.74) is 13.6. The van der Waals surface area contributed by atoms with Gasteiger partial charge in [-0.1, -0.05) is 11.3 Å². The lowest BCUT2D eigenvalue weighted by molar-refractivity contribution is -0.123. The highest BCUT2D eigenvalue weighted by Crippen LogP contribution is 2.27. The predicted octanol–water partition coefficient (Wildman–Crippen LogP) is 1.11. The van der Waals surface area contributed by atoms with Gasteiger partial charge in [-0.3, -0.25) is 9.59 Å². The molecule has 0 bridgehead atoms. The number of amides is 2. The first-order chi connectivity index (χ1) is 11.9. The number of rotatable bonds is 5. The molecule has 3 rings (SSSR count). The van der Waals surface area contributed by atoms with Gasteiger partial charge in [0.1, 0.15) is 0 Å². The number of carbonyl (C=O) groups is 2. The van der Waals surface area contributed by atoms with E-state index in [9.17, 15) is 9.59 Å². The van der Waals surface area contributed by atoms with Crippen molar-refractivity contribution in [3.63, 3.8) is 0 Å². The third-order valence-corrected chi connectivity index (χ3v) is 5.42. The monoisotopic (exact) mass is 361 g/mol. The predicted molar refractivity (Wildman–Crippen MR) is 99.5 cm³/mol. The number of anilines is 1. The molecule has 7 nitrogen and oxygen atoms in total. The standard InChI is InChI=1S/C17H23N5O2S/c1-10-7-12(8-13-14(10)21-17(19)25-13)16(24)20-4-6-22-5-2-3-11(9-22)15(18)23/h7-8,11H,2-6,9H2,1H3,(H2,18,23)(H2,19,21)(H,20,24)/t11-/m0/s1. The van der Waals surface area contributed by atoms with Gasteiger partial charge in [-0.2, -0.15) is 0 Å². The molecule has 0 saturated carbocycles. The summed E-state index contributed by atoms with van der Waals surface area (Å²) in [5.74, 6) is -0.423. The van der Waals surface area contributed by atoms with Crippen molar-refractivity contribution in [1.82, 2.24) is 15.2 Å². The first-order valence-electron chi connectivity index (χ1n) is 8.40. The van der Waals surface area contributed by atoms with Crippen LogP contribution in [0.1, 0.15) is 28.8 Å². The molecule has 2 heterocycles. The number of thiazole rings is 1. The number of nitrogens with two attached hydrogens (primary N) is 2. The van der Waals surface area contributed by atoms with Gasteiger partial charge in [-0.25, -0.2) is 4.98 Å². The van der Waals surface area contributed by atoms with E-state index in [-0.39, 0.29) is 17.7 Å². The molecule has 1 aliphatic heterocycles. The number of hydrogen-bond donors (Lipinski definition) is 3. The highest BCUT2D eigenvalue weighted by atomic mass is 32.1. The number of nitrogens with zero attached hydrogens (tertiary/aromatic N) is 2. The van der Waals surface area contributed by atoms with Gasteiger partial charge in [0.15, 0.2) is 5.13 Å². The van der Waals surface area contributed by atoms with E-state index in [2.05, 4.69) is 15.2 Å². The SMILES string of the molecule is Cc1cc(C(=O)NCCN2CCC[C@H](C(N)=O)C2)cc2sc(N)nc12. The molecule has 0 radical (unpaired) electrons. The van der Waals surface area contributed by atoms with Gasteiger partial charge < -0.3 is 21.7 Å². The van der Waals surface area contributed by atoms with Gasteiger partial charge in [-0.15, -0.1) is 0 Å². The summed E-state index contributed by atoms with van der Waals surface area (Å²) in [6.45, 7) is 4.79. The summed E-state index contributed by atoms with van der Waals surface area (Å²) >= 11 is 1.38. The second-order valence-corrected chi connectivity index (χ2v) is 7.55. The van der Waals surface area contributed by atoms with Crippen LogP contribution in [0.5, 0.6) is 0 Å². The Morgan fingerprint density at radius 1 is 1.44 bits per heavy atom. The molecule has 134 valence electrons. The Labute approximate surface area is 150 Å². The Morgan fingerprint density at radius 3 is 3.00 bits per heavy atom. The molecule has 1 fully saturated rings. The number of nitrogen functional groups attached to an aromatic ring is 1. The maximum absolute atomic E-state index is 12.4. The van der Waals surface area contributed by atoms with Crippen LogP contribution in [-0.4, -0.2) is 47.9 Å². The highest BCUT2D eigenvalue weighted by Gasteiger charge is 2.23. The van der Waals surface area contributed by atoms with E-state index in [1.165, 1.54) is 11.3 Å². The zero-order valence-corrected chi connectivity index (χ0v) is 15.1. The van der Waals surface area contributed by atoms with E-state index < -0.39 is 0 Å². The Kier molecular flexibility index (Phi) is 5.19. The Morgan fingerprint density at radius 2 is 2.24 bits per heavy atom. The van der Waals surface area contributed by atoms with E-state index in [4.69, 9.17) is 11.5 Å². The molecular weight excluding hydrogens is 338 g/mol. The number of aromatic nitrogens is 1. The Balaban J connectivity index is 1.57. The number of hydrogen-bond acceptors (Lipinski definition) is 6. The first kappa shape index (κ1) is 17.6. The van der Waals surface area contributed by atoms with E-state index in [0.717, 1.165) is 35.2 Å². The quantitative estimate of drug-likeness (QED) is 0.738. The van der Waals surface area contributed by atoms with Crippen LogP contribution in [0.3, 0.4) is 0 Å². The summed E-state index contributed by atoms with van der Waals surface area (Å²) < 4.78 is 0.919. The second kappa shape index (κ2) is 7.37. The van der Waals surface area contributed by atoms with E-state index in [1.807, 2.05) is 19.1 Å². The smallest absolute Gasteiger partial charge is 0.251 e. The lowest BCUT2D eigenvalue weighted by Gasteiger charge is -2.31. The van der Waals surface area contributed by atoms with Crippen molar-refractivity contribution in [2.75, 3.05) is 31.9 Å². The van der Waals surface area contributed by atoms with Gasteiger partial charge in [-0.05, 0) is 44.0 Å². The van der Waals surface area contributed by atoms with Crippen molar-refractivity contribution in [2.45, 2.75) is 19.8 Å². The molecule has 1 saturated heterocycles. The third-order valence-electron chi connectivity index (χ3n) is 4.59. The van der Waals surface area contributed by atoms with Gasteiger partial charge in [0, 0.05) is 25.2 Å². The summed E-state index contributed by atoms with van der Waals surface area (Å²) in [4.78, 5) is 30.2. The number of benzene rings is 1. The lowest BCUT2D eigenvalue weighted by atomic mass is 9.97. The highest BCUT2D eigenvalue weighted by molar-refractivity contribution is 7.22. The largest absolute Gasteiger partial charge is 0.375 e.